The van der Waals surface area contributed by atoms with Crippen molar-refractivity contribution >= 4 is 5.69 Å². The van der Waals surface area contributed by atoms with Crippen molar-refractivity contribution in [3.05, 3.63) is 34.4 Å². The summed E-state index contributed by atoms with van der Waals surface area (Å²) in [7, 11) is 0. The van der Waals surface area contributed by atoms with Crippen LogP contribution >= 0.6 is 0 Å². The van der Waals surface area contributed by atoms with E-state index in [1.54, 1.807) is 12.1 Å². The van der Waals surface area contributed by atoms with Crippen LogP contribution in [-0.2, 0) is 11.4 Å². The summed E-state index contributed by atoms with van der Waals surface area (Å²) in [5.74, 6) is 0.457. The molecule has 2 heterocycles. The summed E-state index contributed by atoms with van der Waals surface area (Å²) in [6, 6.07) is 6.10. The number of rotatable bonds is 4. The number of nitro benzene ring substituents is 1. The van der Waals surface area contributed by atoms with Crippen LogP contribution in [0.3, 0.4) is 0 Å². The van der Waals surface area contributed by atoms with E-state index in [9.17, 15) is 10.1 Å². The van der Waals surface area contributed by atoms with Crippen molar-refractivity contribution in [1.82, 2.24) is 25.1 Å². The number of nitrogens with zero attached hydrogens (tertiary/aromatic N) is 6. The fraction of sp³-hybridized carbons (Fsp3) is 0.417. The van der Waals surface area contributed by atoms with Gasteiger partial charge >= 0.3 is 0 Å². The van der Waals surface area contributed by atoms with E-state index in [1.807, 2.05) is 0 Å². The van der Waals surface area contributed by atoms with Crippen molar-refractivity contribution in [1.29, 1.82) is 0 Å². The predicted molar refractivity (Wildman–Crippen MR) is 72.3 cm³/mol. The van der Waals surface area contributed by atoms with Crippen molar-refractivity contribution in [2.75, 3.05) is 26.3 Å². The maximum atomic E-state index is 10.6. The fourth-order valence-electron chi connectivity index (χ4n) is 2.07. The predicted octanol–water partition coefficient (Wildman–Crippen LogP) is 0.538. The average Bonchev–Trinajstić information content (AvgIpc) is 2.97. The highest BCUT2D eigenvalue weighted by molar-refractivity contribution is 5.56. The number of benzene rings is 1. The van der Waals surface area contributed by atoms with Gasteiger partial charge in [-0.3, -0.25) is 15.0 Å². The number of hydrogen-bond acceptors (Lipinski definition) is 7. The van der Waals surface area contributed by atoms with Crippen LogP contribution in [0.2, 0.25) is 0 Å². The molecule has 9 heteroatoms. The molecule has 0 spiro atoms. The Morgan fingerprint density at radius 1 is 1.24 bits per heavy atom. The number of nitro groups is 1. The maximum absolute atomic E-state index is 10.6. The molecule has 0 radical (unpaired) electrons. The summed E-state index contributed by atoms with van der Waals surface area (Å²) < 4.78 is 5.28. The Bertz CT molecular complexity index is 620. The smallest absolute Gasteiger partial charge is 0.269 e. The summed E-state index contributed by atoms with van der Waals surface area (Å²) >= 11 is 0. The van der Waals surface area contributed by atoms with Crippen LogP contribution < -0.4 is 0 Å². The molecule has 9 nitrogen and oxygen atoms in total. The Balaban J connectivity index is 1.70. The Hall–Kier alpha value is -2.39. The summed E-state index contributed by atoms with van der Waals surface area (Å²) in [6.45, 7) is 3.67. The average molecular weight is 290 g/mol. The number of aromatic nitrogens is 4. The summed E-state index contributed by atoms with van der Waals surface area (Å²) in [6.07, 6.45) is 0. The largest absolute Gasteiger partial charge is 0.379 e. The van der Waals surface area contributed by atoms with Crippen molar-refractivity contribution < 1.29 is 9.66 Å². The molecular formula is C12H14N6O3. The van der Waals surface area contributed by atoms with Crippen molar-refractivity contribution in [3.8, 4) is 11.4 Å². The van der Waals surface area contributed by atoms with Crippen LogP contribution in [0.25, 0.3) is 11.4 Å². The topological polar surface area (TPSA) is 99.2 Å². The van der Waals surface area contributed by atoms with Gasteiger partial charge in [0, 0.05) is 30.8 Å². The molecule has 1 aromatic heterocycles. The first-order chi connectivity index (χ1) is 10.2. The number of hydrogen-bond donors (Lipinski definition) is 0. The zero-order chi connectivity index (χ0) is 14.7. The third kappa shape index (κ3) is 3.20. The molecule has 2 aromatic rings. The first-order valence-electron chi connectivity index (χ1n) is 6.55. The second-order valence-corrected chi connectivity index (χ2v) is 4.66. The van der Waals surface area contributed by atoms with Crippen molar-refractivity contribution in [3.63, 3.8) is 0 Å². The van der Waals surface area contributed by atoms with Gasteiger partial charge in [0.25, 0.3) is 5.69 Å². The standard InChI is InChI=1S/C12H14N6O3/c19-18(20)11-3-1-10(2-4-11)12-13-15-17(14-12)9-16-5-7-21-8-6-16/h1-4H,5-9H2. The lowest BCUT2D eigenvalue weighted by atomic mass is 10.2. The molecule has 3 rings (SSSR count). The summed E-state index contributed by atoms with van der Waals surface area (Å²) in [4.78, 5) is 13.9. The quantitative estimate of drug-likeness (QED) is 0.598. The molecule has 1 aliphatic rings. The first kappa shape index (κ1) is 13.6. The van der Waals surface area contributed by atoms with Gasteiger partial charge in [0.1, 0.15) is 6.67 Å². The van der Waals surface area contributed by atoms with Gasteiger partial charge < -0.3 is 4.74 Å². The molecule has 0 N–H and O–H groups in total. The molecule has 1 saturated heterocycles. The third-order valence-corrected chi connectivity index (χ3v) is 3.22. The number of morpholine rings is 1. The molecule has 0 amide bonds. The number of tetrazole rings is 1. The number of ether oxygens (including phenoxy) is 1. The molecule has 1 aromatic carbocycles. The number of non-ortho nitro benzene ring substituents is 1. The molecule has 0 bridgehead atoms. The lowest BCUT2D eigenvalue weighted by molar-refractivity contribution is -0.384. The molecule has 110 valence electrons. The van der Waals surface area contributed by atoms with Gasteiger partial charge in [-0.05, 0) is 17.3 Å². The normalized spacial score (nSPS) is 16.0. The molecule has 0 unspecified atom stereocenters. The Morgan fingerprint density at radius 3 is 2.62 bits per heavy atom. The monoisotopic (exact) mass is 290 g/mol. The molecule has 0 atom stereocenters. The lowest BCUT2D eigenvalue weighted by Crippen LogP contribution is -2.38. The van der Waals surface area contributed by atoms with Crippen LogP contribution in [0.1, 0.15) is 0 Å². The highest BCUT2D eigenvalue weighted by Crippen LogP contribution is 2.18. The second kappa shape index (κ2) is 5.94. The van der Waals surface area contributed by atoms with E-state index < -0.39 is 4.92 Å². The highest BCUT2D eigenvalue weighted by atomic mass is 16.6. The highest BCUT2D eigenvalue weighted by Gasteiger charge is 2.13. The summed E-state index contributed by atoms with van der Waals surface area (Å²) in [5.41, 5.74) is 0.744. The van der Waals surface area contributed by atoms with E-state index in [4.69, 9.17) is 4.74 Å². The van der Waals surface area contributed by atoms with Crippen LogP contribution in [-0.4, -0.2) is 56.3 Å². The Labute approximate surface area is 120 Å². The second-order valence-electron chi connectivity index (χ2n) is 4.66. The van der Waals surface area contributed by atoms with Crippen LogP contribution in [0, 0.1) is 10.1 Å². The van der Waals surface area contributed by atoms with Crippen molar-refractivity contribution in [2.45, 2.75) is 6.67 Å². The van der Waals surface area contributed by atoms with Crippen LogP contribution in [0.15, 0.2) is 24.3 Å². The zero-order valence-electron chi connectivity index (χ0n) is 11.3. The van der Waals surface area contributed by atoms with Gasteiger partial charge in [-0.2, -0.15) is 0 Å². The van der Waals surface area contributed by atoms with E-state index >= 15 is 0 Å². The van der Waals surface area contributed by atoms with Gasteiger partial charge in [-0.1, -0.05) is 0 Å². The fourth-order valence-corrected chi connectivity index (χ4v) is 2.07. The minimum Gasteiger partial charge on any atom is -0.379 e. The van der Waals surface area contributed by atoms with E-state index in [0.29, 0.717) is 31.3 Å². The molecule has 1 fully saturated rings. The first-order valence-corrected chi connectivity index (χ1v) is 6.55. The minimum absolute atomic E-state index is 0.0412. The van der Waals surface area contributed by atoms with Gasteiger partial charge in [0.15, 0.2) is 0 Å². The van der Waals surface area contributed by atoms with Gasteiger partial charge in [0.2, 0.25) is 5.82 Å². The lowest BCUT2D eigenvalue weighted by Gasteiger charge is -2.25. The van der Waals surface area contributed by atoms with E-state index in [0.717, 1.165) is 13.1 Å². The van der Waals surface area contributed by atoms with Gasteiger partial charge in [-0.15, -0.1) is 15.0 Å². The van der Waals surface area contributed by atoms with Crippen molar-refractivity contribution in [2.24, 2.45) is 0 Å². The molecule has 21 heavy (non-hydrogen) atoms. The molecule has 0 aliphatic carbocycles. The van der Waals surface area contributed by atoms with Gasteiger partial charge in [0.05, 0.1) is 18.1 Å². The molecule has 1 aliphatic heterocycles. The zero-order valence-corrected chi connectivity index (χ0v) is 11.3. The molecule has 0 saturated carbocycles. The summed E-state index contributed by atoms with van der Waals surface area (Å²) in [5, 5.41) is 22.9. The van der Waals surface area contributed by atoms with Crippen LogP contribution in [0.4, 0.5) is 5.69 Å². The van der Waals surface area contributed by atoms with E-state index in [1.165, 1.54) is 16.9 Å². The molecular weight excluding hydrogens is 276 g/mol. The third-order valence-electron chi connectivity index (χ3n) is 3.22. The minimum atomic E-state index is -0.438. The Morgan fingerprint density at radius 2 is 1.95 bits per heavy atom. The maximum Gasteiger partial charge on any atom is 0.269 e. The Kier molecular flexibility index (Phi) is 3.84. The van der Waals surface area contributed by atoms with E-state index in [2.05, 4.69) is 20.3 Å². The van der Waals surface area contributed by atoms with Gasteiger partial charge in [-0.25, -0.2) is 0 Å². The van der Waals surface area contributed by atoms with Crippen LogP contribution in [0.5, 0.6) is 0 Å². The SMILES string of the molecule is O=[N+]([O-])c1ccc(-c2nnn(CN3CCOCC3)n2)cc1. The van der Waals surface area contributed by atoms with E-state index in [-0.39, 0.29) is 5.69 Å².